The van der Waals surface area contributed by atoms with Crippen molar-refractivity contribution in [3.05, 3.63) is 11.1 Å². The van der Waals surface area contributed by atoms with Crippen molar-refractivity contribution in [3.63, 3.8) is 0 Å². The van der Waals surface area contributed by atoms with E-state index < -0.39 is 11.8 Å². The number of hydrogen-bond acceptors (Lipinski definition) is 2. The summed E-state index contributed by atoms with van der Waals surface area (Å²) >= 11 is 0. The Balaban J connectivity index is 0. The minimum Gasteiger partial charge on any atom is -0.481 e. The zero-order chi connectivity index (χ0) is 10.7. The molecule has 0 fully saturated rings. The predicted molar refractivity (Wildman–Crippen MR) is 42.3 cm³/mol. The number of nitrogens with zero attached hydrogens (tertiary/aromatic N) is 4. The molecule has 0 bridgehead atoms. The minimum atomic E-state index is -0.745. The summed E-state index contributed by atoms with van der Waals surface area (Å²) in [4.78, 5) is 24.1. The lowest BCUT2D eigenvalue weighted by molar-refractivity contribution is -0.136. The lowest BCUT2D eigenvalue weighted by Crippen LogP contribution is -2.00. The van der Waals surface area contributed by atoms with E-state index in [9.17, 15) is 9.59 Å². The second-order valence-electron chi connectivity index (χ2n) is 1.64. The number of rotatable bonds is 3. The monoisotopic (exact) mass is 184 g/mol. The number of carboxylic acid groups (broad SMARTS) is 1. The SMILES string of the molecule is CCC(=O)O.[N-]=[N+]=CC(=O)C=[N+]=[N-]. The number of ketones is 1. The summed E-state index contributed by atoms with van der Waals surface area (Å²) in [6, 6.07) is 0. The molecule has 0 aromatic rings. The van der Waals surface area contributed by atoms with Crippen molar-refractivity contribution in [2.75, 3.05) is 0 Å². The molecule has 0 aliphatic rings. The van der Waals surface area contributed by atoms with Crippen molar-refractivity contribution in [1.82, 2.24) is 0 Å². The molecular weight excluding hydrogens is 176 g/mol. The molecule has 0 unspecified atom stereocenters. The summed E-state index contributed by atoms with van der Waals surface area (Å²) in [7, 11) is 0. The maximum absolute atomic E-state index is 10.0. The molecule has 70 valence electrons. The average Bonchev–Trinajstić information content (AvgIpc) is 2.06. The Kier molecular flexibility index (Phi) is 10.3. The lowest BCUT2D eigenvalue weighted by atomic mass is 10.5. The van der Waals surface area contributed by atoms with Gasteiger partial charge >= 0.3 is 24.2 Å². The molecule has 7 nitrogen and oxygen atoms in total. The van der Waals surface area contributed by atoms with Gasteiger partial charge in [0.2, 0.25) is 0 Å². The molecule has 0 saturated heterocycles. The first-order valence-electron chi connectivity index (χ1n) is 3.19. The molecule has 0 aromatic carbocycles. The Morgan fingerprint density at radius 2 is 1.62 bits per heavy atom. The Bertz CT molecular complexity index is 254. The van der Waals surface area contributed by atoms with Gasteiger partial charge in [-0.25, -0.2) is 0 Å². The van der Waals surface area contributed by atoms with Gasteiger partial charge in [0.15, 0.2) is 0 Å². The van der Waals surface area contributed by atoms with Crippen molar-refractivity contribution in [3.8, 4) is 0 Å². The van der Waals surface area contributed by atoms with E-state index in [1.807, 2.05) is 0 Å². The van der Waals surface area contributed by atoms with E-state index in [1.54, 1.807) is 6.92 Å². The van der Waals surface area contributed by atoms with Crippen LogP contribution in [0.4, 0.5) is 0 Å². The van der Waals surface area contributed by atoms with Crippen molar-refractivity contribution >= 4 is 24.2 Å². The van der Waals surface area contributed by atoms with Crippen LogP contribution in [0.1, 0.15) is 13.3 Å². The van der Waals surface area contributed by atoms with Crippen LogP contribution in [-0.4, -0.2) is 38.9 Å². The highest BCUT2D eigenvalue weighted by atomic mass is 16.4. The Morgan fingerprint density at radius 3 is 1.77 bits per heavy atom. The van der Waals surface area contributed by atoms with Gasteiger partial charge in [-0.05, 0) is 0 Å². The number of carboxylic acids is 1. The first-order valence-corrected chi connectivity index (χ1v) is 3.19. The van der Waals surface area contributed by atoms with Gasteiger partial charge in [-0.2, -0.15) is 9.58 Å². The van der Waals surface area contributed by atoms with Crippen LogP contribution in [0.2, 0.25) is 0 Å². The molecule has 0 spiro atoms. The molecule has 0 aliphatic carbocycles. The van der Waals surface area contributed by atoms with Crippen LogP contribution in [0, 0.1) is 0 Å². The fourth-order valence-corrected chi connectivity index (χ4v) is 0.147. The van der Waals surface area contributed by atoms with Crippen molar-refractivity contribution < 1.29 is 24.3 Å². The predicted octanol–water partition coefficient (Wildman–Crippen LogP) is -0.362. The highest BCUT2D eigenvalue weighted by Crippen LogP contribution is 1.67. The van der Waals surface area contributed by atoms with Gasteiger partial charge in [-0.1, -0.05) is 6.92 Å². The normalized spacial score (nSPS) is 6.54. The van der Waals surface area contributed by atoms with E-state index in [4.69, 9.17) is 16.2 Å². The summed E-state index contributed by atoms with van der Waals surface area (Å²) in [6.07, 6.45) is 1.44. The minimum absolute atomic E-state index is 0.222. The molecule has 13 heavy (non-hydrogen) atoms. The van der Waals surface area contributed by atoms with E-state index in [2.05, 4.69) is 9.58 Å². The number of carbonyl (C=O) groups excluding carboxylic acids is 1. The second-order valence-corrected chi connectivity index (χ2v) is 1.64. The quantitative estimate of drug-likeness (QED) is 0.365. The van der Waals surface area contributed by atoms with Gasteiger partial charge in [0, 0.05) is 6.42 Å². The molecule has 0 atom stereocenters. The van der Waals surface area contributed by atoms with Gasteiger partial charge in [-0.3, -0.25) is 9.59 Å². The van der Waals surface area contributed by atoms with Gasteiger partial charge in [0.1, 0.15) is 0 Å². The van der Waals surface area contributed by atoms with Crippen LogP contribution in [0.25, 0.3) is 11.1 Å². The molecule has 0 saturated carbocycles. The van der Waals surface area contributed by atoms with Crippen LogP contribution in [0.5, 0.6) is 0 Å². The maximum Gasteiger partial charge on any atom is 0.339 e. The van der Waals surface area contributed by atoms with Crippen LogP contribution < -0.4 is 0 Å². The Hall–Kier alpha value is -2.10. The first kappa shape index (κ1) is 13.5. The van der Waals surface area contributed by atoms with Crippen LogP contribution >= 0.6 is 0 Å². The maximum atomic E-state index is 10.0. The highest BCUT2D eigenvalue weighted by Gasteiger charge is 1.99. The molecule has 0 heterocycles. The van der Waals surface area contributed by atoms with E-state index >= 15 is 0 Å². The number of hydrogen-bond donors (Lipinski definition) is 1. The largest absolute Gasteiger partial charge is 0.481 e. The smallest absolute Gasteiger partial charge is 0.339 e. The van der Waals surface area contributed by atoms with E-state index in [0.717, 1.165) is 0 Å². The third kappa shape index (κ3) is 17.7. The van der Waals surface area contributed by atoms with Gasteiger partial charge in [0.05, 0.1) is 0 Å². The zero-order valence-electron chi connectivity index (χ0n) is 6.91. The lowest BCUT2D eigenvalue weighted by Gasteiger charge is -1.71. The van der Waals surface area contributed by atoms with Gasteiger partial charge < -0.3 is 16.2 Å². The Labute approximate surface area is 73.9 Å². The molecule has 1 N–H and O–H groups in total. The molecule has 7 heteroatoms. The highest BCUT2D eigenvalue weighted by molar-refractivity contribution is 6.50. The summed E-state index contributed by atoms with van der Waals surface area (Å²) in [5.74, 6) is -1.42. The van der Waals surface area contributed by atoms with Crippen molar-refractivity contribution in [2.45, 2.75) is 13.3 Å². The number of Topliss-reactive ketones (excluding diaryl/α,β-unsaturated/α-hetero) is 1. The molecule has 0 rings (SSSR count). The second kappa shape index (κ2) is 9.90. The van der Waals surface area contributed by atoms with E-state index in [0.29, 0.717) is 12.4 Å². The summed E-state index contributed by atoms with van der Waals surface area (Å²) in [5, 5.41) is 7.72. The van der Waals surface area contributed by atoms with Crippen LogP contribution in [-0.2, 0) is 9.59 Å². The summed E-state index contributed by atoms with van der Waals surface area (Å²) in [5.41, 5.74) is 15.3. The summed E-state index contributed by atoms with van der Waals surface area (Å²) < 4.78 is 0. The van der Waals surface area contributed by atoms with E-state index in [1.165, 1.54) is 0 Å². The first-order chi connectivity index (χ1) is 6.08. The fraction of sp³-hybridized carbons (Fsp3) is 0.333. The zero-order valence-corrected chi connectivity index (χ0v) is 6.91. The van der Waals surface area contributed by atoms with Gasteiger partial charge in [-0.15, -0.1) is 0 Å². The number of aliphatic carboxylic acids is 1. The third-order valence-electron chi connectivity index (χ3n) is 0.672. The van der Waals surface area contributed by atoms with Gasteiger partial charge in [0.25, 0.3) is 0 Å². The van der Waals surface area contributed by atoms with Crippen molar-refractivity contribution in [1.29, 1.82) is 0 Å². The Morgan fingerprint density at radius 1 is 1.31 bits per heavy atom. The molecule has 0 aromatic heterocycles. The third-order valence-corrected chi connectivity index (χ3v) is 0.672. The molecule has 0 radical (unpaired) electrons. The topological polar surface area (TPSA) is 127 Å². The van der Waals surface area contributed by atoms with E-state index in [-0.39, 0.29) is 6.42 Å². The standard InChI is InChI=1S/C3H2N4O.C3H6O2/c4-6-1-3(8)2-7-5;1-2-3(4)5/h1-2H;2H2,1H3,(H,4,5). The fourth-order valence-electron chi connectivity index (χ4n) is 0.147. The van der Waals surface area contributed by atoms with Crippen LogP contribution in [0.3, 0.4) is 0 Å². The average molecular weight is 184 g/mol. The number of carbonyl (C=O) groups is 2. The van der Waals surface area contributed by atoms with Crippen molar-refractivity contribution in [2.24, 2.45) is 0 Å². The molecular formula is C6H8N4O3. The molecule has 0 amide bonds. The van der Waals surface area contributed by atoms with Crippen LogP contribution in [0.15, 0.2) is 0 Å². The summed E-state index contributed by atoms with van der Waals surface area (Å²) in [6.45, 7) is 1.60. The molecule has 0 aliphatic heterocycles.